The van der Waals surface area contributed by atoms with Crippen molar-refractivity contribution in [1.82, 2.24) is 19.6 Å². The van der Waals surface area contributed by atoms with Crippen molar-refractivity contribution in [2.45, 2.75) is 193 Å². The third-order valence-corrected chi connectivity index (χ3v) is 13.3. The molecule has 10 nitrogen and oxygen atoms in total. The van der Waals surface area contributed by atoms with Gasteiger partial charge in [-0.25, -0.2) is 0 Å². The van der Waals surface area contributed by atoms with Gasteiger partial charge in [0.15, 0.2) is 6.23 Å². The number of hydrogen-bond acceptors (Lipinski definition) is 8. The second-order valence-electron chi connectivity index (χ2n) is 18.3. The largest absolute Gasteiger partial charge is 0.480 e. The Balaban J connectivity index is 1.90. The van der Waals surface area contributed by atoms with Gasteiger partial charge in [-0.2, -0.15) is 0 Å². The van der Waals surface area contributed by atoms with E-state index in [9.17, 15) is 24.6 Å². The second-order valence-corrected chi connectivity index (χ2v) is 18.3. The van der Waals surface area contributed by atoms with Gasteiger partial charge in [0.05, 0.1) is 0 Å². The lowest BCUT2D eigenvalue weighted by Gasteiger charge is -2.39. The Morgan fingerprint density at radius 3 is 1.35 bits per heavy atom. The summed E-state index contributed by atoms with van der Waals surface area (Å²) < 4.78 is 5.87. The lowest BCUT2D eigenvalue weighted by Crippen LogP contribution is -2.54. The van der Waals surface area contributed by atoms with E-state index in [1.54, 1.807) is 0 Å². The average Bonchev–Trinajstić information content (AvgIpc) is 3.28. The number of nitrogens with zero attached hydrogens (tertiary/aromatic N) is 4. The molecule has 2 aromatic carbocycles. The fourth-order valence-electron chi connectivity index (χ4n) is 9.23. The number of carboxylic acids is 2. The molecule has 0 aliphatic carbocycles. The molecule has 3 unspecified atom stereocenters. The van der Waals surface area contributed by atoms with Crippen molar-refractivity contribution >= 4 is 18.4 Å². The van der Waals surface area contributed by atoms with Gasteiger partial charge < -0.3 is 14.9 Å². The summed E-state index contributed by atoms with van der Waals surface area (Å²) in [6, 6.07) is 18.2. The number of ether oxygens (including phenoxy) is 1. The Bertz CT molecular complexity index is 1460. The summed E-state index contributed by atoms with van der Waals surface area (Å²) in [4.78, 5) is 47.1. The monoisotopic (exact) mass is 877 g/mol. The molecule has 1 saturated heterocycles. The zero-order chi connectivity index (χ0) is 45.3. The smallest absolute Gasteiger partial charge is 0.320 e. The fourth-order valence-corrected chi connectivity index (χ4v) is 9.23. The van der Waals surface area contributed by atoms with Crippen molar-refractivity contribution < 1.29 is 29.3 Å². The normalized spacial score (nSPS) is 16.7. The van der Waals surface area contributed by atoms with Crippen LogP contribution in [0, 0.1) is 0 Å². The maximum Gasteiger partial charge on any atom is 0.320 e. The number of carbonyl (C=O) groups excluding carboxylic acids is 1. The van der Waals surface area contributed by atoms with E-state index in [2.05, 4.69) is 95.0 Å². The van der Waals surface area contributed by atoms with E-state index in [-0.39, 0.29) is 0 Å². The summed E-state index contributed by atoms with van der Waals surface area (Å²) >= 11 is 0. The van der Waals surface area contributed by atoms with Crippen molar-refractivity contribution in [3.05, 3.63) is 71.3 Å². The number of carboxylic acid groups (broad SMARTS) is 2. The van der Waals surface area contributed by atoms with Crippen LogP contribution in [0.15, 0.2) is 54.6 Å². The fraction of sp³-hybridized carbons (Fsp3) is 0.717. The van der Waals surface area contributed by atoms with E-state index in [4.69, 9.17) is 4.74 Å². The van der Waals surface area contributed by atoms with Crippen LogP contribution in [-0.4, -0.2) is 119 Å². The molecule has 1 aliphatic rings. The summed E-state index contributed by atoms with van der Waals surface area (Å²) in [5, 5.41) is 21.5. The van der Waals surface area contributed by atoms with Crippen molar-refractivity contribution in [1.29, 1.82) is 0 Å². The predicted octanol–water partition coefficient (Wildman–Crippen LogP) is 10.9. The predicted molar refractivity (Wildman–Crippen MR) is 258 cm³/mol. The first-order valence-electron chi connectivity index (χ1n) is 25.4. The molecule has 3 rings (SSSR count). The van der Waals surface area contributed by atoms with Crippen LogP contribution >= 0.6 is 0 Å². The number of rotatable bonds is 33. The minimum Gasteiger partial charge on any atom is -0.480 e. The zero-order valence-corrected chi connectivity index (χ0v) is 39.9. The van der Waals surface area contributed by atoms with Gasteiger partial charge in [0.25, 0.3) is 6.47 Å². The van der Waals surface area contributed by atoms with Crippen LogP contribution < -0.4 is 0 Å². The van der Waals surface area contributed by atoms with Gasteiger partial charge in [-0.3, -0.25) is 34.0 Å². The van der Waals surface area contributed by atoms with Crippen LogP contribution in [0.5, 0.6) is 0 Å². The SMILES string of the molecule is CCCCCCCCC(OC=O)N1CCN(Cc2ccc(CCc3ccccc3)cc2)CCN(C(CCCCCCCC)C(=O)O)CCN(C(CCCCCCCC)C(=O)O)CC1. The standard InChI is InChI=1S/C53H88N4O6/c1-4-7-10-13-16-22-27-49(52(59)60)55-38-36-54(44-48-34-32-47(33-35-48)31-30-46-25-20-19-21-26-46)37-39-57(51(63-45-58)29-24-18-15-12-9-6-3)43-42-56(41-40-55)50(53(61)62)28-23-17-14-11-8-5-2/h19-21,25-26,32-35,45,49-51H,4-18,22-24,27-31,36-44H2,1-3H3,(H,59,60)(H,61,62). The number of unbranched alkanes of at least 4 members (excludes halogenated alkanes) is 15. The molecule has 10 heteroatoms. The first-order chi connectivity index (χ1) is 30.8. The highest BCUT2D eigenvalue weighted by Crippen LogP contribution is 2.20. The number of aliphatic carboxylic acids is 2. The number of benzene rings is 2. The molecule has 1 aliphatic heterocycles. The molecule has 2 N–H and O–H groups in total. The molecule has 0 saturated carbocycles. The van der Waals surface area contributed by atoms with Gasteiger partial charge in [0, 0.05) is 58.9 Å². The molecular formula is C53H88N4O6. The Morgan fingerprint density at radius 1 is 0.508 bits per heavy atom. The molecule has 1 fully saturated rings. The zero-order valence-electron chi connectivity index (χ0n) is 39.9. The first kappa shape index (κ1) is 54.0. The van der Waals surface area contributed by atoms with Crippen molar-refractivity contribution in [2.24, 2.45) is 0 Å². The van der Waals surface area contributed by atoms with Crippen LogP contribution in [0.1, 0.15) is 172 Å². The Morgan fingerprint density at radius 2 is 0.889 bits per heavy atom. The van der Waals surface area contributed by atoms with E-state index in [0.717, 1.165) is 77.2 Å². The second kappa shape index (κ2) is 34.1. The Hall–Kier alpha value is -3.31. The number of hydrogen-bond donors (Lipinski definition) is 2. The van der Waals surface area contributed by atoms with Crippen LogP contribution in [0.25, 0.3) is 0 Å². The summed E-state index contributed by atoms with van der Waals surface area (Å²) in [6.45, 7) is 12.5. The topological polar surface area (TPSA) is 114 Å². The summed E-state index contributed by atoms with van der Waals surface area (Å²) in [5.74, 6) is -1.61. The molecule has 0 spiro atoms. The Kier molecular flexibility index (Phi) is 29.2. The van der Waals surface area contributed by atoms with E-state index in [1.165, 1.54) is 80.9 Å². The molecular weight excluding hydrogens is 789 g/mol. The molecule has 63 heavy (non-hydrogen) atoms. The maximum absolute atomic E-state index is 13.1. The summed E-state index contributed by atoms with van der Waals surface area (Å²) in [7, 11) is 0. The minimum atomic E-state index is -0.819. The molecule has 0 bridgehead atoms. The third-order valence-electron chi connectivity index (χ3n) is 13.3. The summed E-state index contributed by atoms with van der Waals surface area (Å²) in [6.07, 6.45) is 23.4. The lowest BCUT2D eigenvalue weighted by molar-refractivity contribution is -0.148. The number of carbonyl (C=O) groups is 3. The molecule has 3 atom stereocenters. The molecule has 2 aromatic rings. The first-order valence-corrected chi connectivity index (χ1v) is 25.4. The quantitative estimate of drug-likeness (QED) is 0.0531. The average molecular weight is 877 g/mol. The van der Waals surface area contributed by atoms with Gasteiger partial charge in [0.2, 0.25) is 0 Å². The highest BCUT2D eigenvalue weighted by molar-refractivity contribution is 5.74. The van der Waals surface area contributed by atoms with Gasteiger partial charge in [-0.05, 0) is 55.2 Å². The highest BCUT2D eigenvalue weighted by atomic mass is 16.5. The molecule has 356 valence electrons. The van der Waals surface area contributed by atoms with Gasteiger partial charge >= 0.3 is 11.9 Å². The minimum absolute atomic E-state index is 0.392. The lowest BCUT2D eigenvalue weighted by atomic mass is 10.0. The van der Waals surface area contributed by atoms with Crippen molar-refractivity contribution in [3.63, 3.8) is 0 Å². The van der Waals surface area contributed by atoms with Crippen LogP contribution in [-0.2, 0) is 38.5 Å². The molecule has 0 radical (unpaired) electrons. The molecule has 0 aromatic heterocycles. The van der Waals surface area contributed by atoms with E-state index in [0.29, 0.717) is 71.7 Å². The van der Waals surface area contributed by atoms with Crippen LogP contribution in [0.3, 0.4) is 0 Å². The number of aryl methyl sites for hydroxylation is 2. The van der Waals surface area contributed by atoms with Crippen molar-refractivity contribution in [2.75, 3.05) is 52.4 Å². The molecule has 0 amide bonds. The molecule has 1 heterocycles. The van der Waals surface area contributed by atoms with E-state index < -0.39 is 30.3 Å². The van der Waals surface area contributed by atoms with Gasteiger partial charge in [-0.15, -0.1) is 0 Å². The van der Waals surface area contributed by atoms with E-state index in [1.807, 2.05) is 0 Å². The van der Waals surface area contributed by atoms with Crippen LogP contribution in [0.2, 0.25) is 0 Å². The van der Waals surface area contributed by atoms with Gasteiger partial charge in [-0.1, -0.05) is 185 Å². The van der Waals surface area contributed by atoms with E-state index >= 15 is 0 Å². The van der Waals surface area contributed by atoms with Crippen molar-refractivity contribution in [3.8, 4) is 0 Å². The maximum atomic E-state index is 13.1. The third kappa shape index (κ3) is 22.9. The summed E-state index contributed by atoms with van der Waals surface area (Å²) in [5.41, 5.74) is 3.85. The Labute approximate surface area is 383 Å². The highest BCUT2D eigenvalue weighted by Gasteiger charge is 2.31. The van der Waals surface area contributed by atoms with Crippen LogP contribution in [0.4, 0.5) is 0 Å². The van der Waals surface area contributed by atoms with Gasteiger partial charge in [0.1, 0.15) is 12.1 Å².